The second-order valence-corrected chi connectivity index (χ2v) is 6.61. The molecular formula is C20H18FN3O2. The van der Waals surface area contributed by atoms with Gasteiger partial charge >= 0.3 is 0 Å². The zero-order chi connectivity index (χ0) is 18.1. The molecular weight excluding hydrogens is 333 g/mol. The van der Waals surface area contributed by atoms with Crippen LogP contribution in [0.4, 0.5) is 4.39 Å². The van der Waals surface area contributed by atoms with E-state index in [0.717, 1.165) is 18.4 Å². The molecule has 0 bridgehead atoms. The molecule has 1 N–H and O–H groups in total. The lowest BCUT2D eigenvalue weighted by Crippen LogP contribution is -2.36. The molecule has 0 saturated heterocycles. The van der Waals surface area contributed by atoms with E-state index in [-0.39, 0.29) is 11.7 Å². The fourth-order valence-electron chi connectivity index (χ4n) is 3.05. The second kappa shape index (κ2) is 6.37. The first-order chi connectivity index (χ1) is 12.6. The fourth-order valence-corrected chi connectivity index (χ4v) is 3.05. The maximum Gasteiger partial charge on any atom is 0.249 e. The Bertz CT molecular complexity index is 918. The van der Waals surface area contributed by atoms with E-state index in [1.54, 1.807) is 19.1 Å². The van der Waals surface area contributed by atoms with Crippen LogP contribution >= 0.6 is 0 Å². The predicted molar refractivity (Wildman–Crippen MR) is 93.6 cm³/mol. The number of rotatable bonds is 5. The van der Waals surface area contributed by atoms with Gasteiger partial charge in [0.05, 0.1) is 5.41 Å². The lowest BCUT2D eigenvalue weighted by atomic mass is 9.95. The Morgan fingerprint density at radius 2 is 1.85 bits per heavy atom. The summed E-state index contributed by atoms with van der Waals surface area (Å²) >= 11 is 0. The number of carbonyl (C=O) groups excluding carboxylic acids is 1. The molecule has 1 aliphatic rings. The molecule has 2 aromatic carbocycles. The molecule has 26 heavy (non-hydrogen) atoms. The van der Waals surface area contributed by atoms with Gasteiger partial charge in [-0.05, 0) is 49.6 Å². The zero-order valence-corrected chi connectivity index (χ0v) is 14.3. The minimum absolute atomic E-state index is 0.0299. The summed E-state index contributed by atoms with van der Waals surface area (Å²) in [6.45, 7) is 1.81. The van der Waals surface area contributed by atoms with E-state index in [0.29, 0.717) is 17.3 Å². The Morgan fingerprint density at radius 1 is 1.15 bits per heavy atom. The standard InChI is InChI=1S/C20H18FN3O2/c1-13(18-23-17(24-26-18)14-7-9-16(21)10-8-14)22-19(25)20(11-12-20)15-5-3-2-4-6-15/h2-10,13H,11-12H2,1H3,(H,22,25). The van der Waals surface area contributed by atoms with Crippen molar-refractivity contribution in [3.05, 3.63) is 71.9 Å². The Labute approximate surface area is 150 Å². The van der Waals surface area contributed by atoms with Crippen molar-refractivity contribution >= 4 is 5.91 Å². The number of nitrogens with zero attached hydrogens (tertiary/aromatic N) is 2. The molecule has 1 atom stereocenters. The van der Waals surface area contributed by atoms with Crippen molar-refractivity contribution in [1.82, 2.24) is 15.5 Å². The van der Waals surface area contributed by atoms with E-state index in [4.69, 9.17) is 4.52 Å². The van der Waals surface area contributed by atoms with Crippen LogP contribution in [0.5, 0.6) is 0 Å². The zero-order valence-electron chi connectivity index (χ0n) is 14.3. The van der Waals surface area contributed by atoms with Gasteiger partial charge in [0.15, 0.2) is 0 Å². The van der Waals surface area contributed by atoms with E-state index < -0.39 is 11.5 Å². The SMILES string of the molecule is CC(NC(=O)C1(c2ccccc2)CC1)c1nc(-c2ccc(F)cc2)no1. The molecule has 5 nitrogen and oxygen atoms in total. The minimum atomic E-state index is -0.449. The minimum Gasteiger partial charge on any atom is -0.344 e. The van der Waals surface area contributed by atoms with Crippen molar-refractivity contribution in [1.29, 1.82) is 0 Å². The van der Waals surface area contributed by atoms with Gasteiger partial charge in [0.1, 0.15) is 11.9 Å². The average Bonchev–Trinajstić information content (AvgIpc) is 3.33. The third-order valence-electron chi connectivity index (χ3n) is 4.77. The van der Waals surface area contributed by atoms with Crippen LogP contribution in [-0.4, -0.2) is 16.0 Å². The van der Waals surface area contributed by atoms with Crippen LogP contribution in [0.25, 0.3) is 11.4 Å². The molecule has 132 valence electrons. The van der Waals surface area contributed by atoms with E-state index in [1.165, 1.54) is 12.1 Å². The van der Waals surface area contributed by atoms with Gasteiger partial charge in [-0.2, -0.15) is 4.98 Å². The van der Waals surface area contributed by atoms with Gasteiger partial charge in [-0.25, -0.2) is 4.39 Å². The highest BCUT2D eigenvalue weighted by molar-refractivity contribution is 5.91. The summed E-state index contributed by atoms with van der Waals surface area (Å²) in [4.78, 5) is 17.1. The monoisotopic (exact) mass is 351 g/mol. The molecule has 4 rings (SSSR count). The topological polar surface area (TPSA) is 68.0 Å². The lowest BCUT2D eigenvalue weighted by Gasteiger charge is -2.18. The highest BCUT2D eigenvalue weighted by Gasteiger charge is 2.51. The molecule has 0 spiro atoms. The number of halogens is 1. The molecule has 1 saturated carbocycles. The van der Waals surface area contributed by atoms with E-state index in [2.05, 4.69) is 15.5 Å². The van der Waals surface area contributed by atoms with Crippen LogP contribution < -0.4 is 5.32 Å². The number of carbonyl (C=O) groups is 1. The molecule has 1 heterocycles. The Kier molecular flexibility index (Phi) is 4.03. The fraction of sp³-hybridized carbons (Fsp3) is 0.250. The van der Waals surface area contributed by atoms with Gasteiger partial charge in [-0.15, -0.1) is 0 Å². The summed E-state index contributed by atoms with van der Waals surface area (Å²) in [7, 11) is 0. The Hall–Kier alpha value is -3.02. The van der Waals surface area contributed by atoms with Crippen LogP contribution in [0.1, 0.15) is 37.3 Å². The van der Waals surface area contributed by atoms with Crippen LogP contribution in [0.3, 0.4) is 0 Å². The van der Waals surface area contributed by atoms with Crippen LogP contribution in [-0.2, 0) is 10.2 Å². The molecule has 1 fully saturated rings. The van der Waals surface area contributed by atoms with Crippen LogP contribution in [0, 0.1) is 5.82 Å². The second-order valence-electron chi connectivity index (χ2n) is 6.61. The first-order valence-electron chi connectivity index (χ1n) is 8.54. The molecule has 0 aliphatic heterocycles. The van der Waals surface area contributed by atoms with Gasteiger partial charge in [-0.3, -0.25) is 4.79 Å². The predicted octanol–water partition coefficient (Wildman–Crippen LogP) is 3.78. The molecule has 0 radical (unpaired) electrons. The molecule has 6 heteroatoms. The van der Waals surface area contributed by atoms with Crippen molar-refractivity contribution in [2.24, 2.45) is 0 Å². The number of benzene rings is 2. The van der Waals surface area contributed by atoms with Crippen LogP contribution in [0.15, 0.2) is 59.1 Å². The number of hydrogen-bond donors (Lipinski definition) is 1. The van der Waals surface area contributed by atoms with Crippen molar-refractivity contribution in [3.8, 4) is 11.4 Å². The van der Waals surface area contributed by atoms with E-state index >= 15 is 0 Å². The molecule has 1 aliphatic carbocycles. The molecule has 1 amide bonds. The van der Waals surface area contributed by atoms with E-state index in [1.807, 2.05) is 30.3 Å². The van der Waals surface area contributed by atoms with Crippen LogP contribution in [0.2, 0.25) is 0 Å². The number of aromatic nitrogens is 2. The number of amides is 1. The highest BCUT2D eigenvalue weighted by atomic mass is 19.1. The first kappa shape index (κ1) is 16.4. The van der Waals surface area contributed by atoms with Crippen molar-refractivity contribution < 1.29 is 13.7 Å². The summed E-state index contributed by atoms with van der Waals surface area (Å²) in [6, 6.07) is 15.2. The molecule has 1 aromatic heterocycles. The summed E-state index contributed by atoms with van der Waals surface area (Å²) in [5, 5.41) is 6.90. The summed E-state index contributed by atoms with van der Waals surface area (Å²) in [5.74, 6) is 0.332. The average molecular weight is 351 g/mol. The van der Waals surface area contributed by atoms with Gasteiger partial charge < -0.3 is 9.84 Å². The van der Waals surface area contributed by atoms with Gasteiger partial charge in [0.25, 0.3) is 0 Å². The largest absolute Gasteiger partial charge is 0.344 e. The molecule has 1 unspecified atom stereocenters. The first-order valence-corrected chi connectivity index (χ1v) is 8.54. The Balaban J connectivity index is 1.48. The van der Waals surface area contributed by atoms with E-state index in [9.17, 15) is 9.18 Å². The highest BCUT2D eigenvalue weighted by Crippen LogP contribution is 2.48. The van der Waals surface area contributed by atoms with Gasteiger partial charge in [0, 0.05) is 5.56 Å². The third-order valence-corrected chi connectivity index (χ3v) is 4.77. The van der Waals surface area contributed by atoms with Gasteiger partial charge in [0.2, 0.25) is 17.6 Å². The van der Waals surface area contributed by atoms with Crippen molar-refractivity contribution in [2.75, 3.05) is 0 Å². The smallest absolute Gasteiger partial charge is 0.249 e. The third kappa shape index (κ3) is 2.98. The Morgan fingerprint density at radius 3 is 2.50 bits per heavy atom. The quantitative estimate of drug-likeness (QED) is 0.759. The van der Waals surface area contributed by atoms with Crippen molar-refractivity contribution in [2.45, 2.75) is 31.2 Å². The number of hydrogen-bond acceptors (Lipinski definition) is 4. The molecule has 3 aromatic rings. The summed E-state index contributed by atoms with van der Waals surface area (Å²) in [5.41, 5.74) is 1.24. The normalized spacial score (nSPS) is 16.1. The summed E-state index contributed by atoms with van der Waals surface area (Å²) < 4.78 is 18.3. The lowest BCUT2D eigenvalue weighted by molar-refractivity contribution is -0.124. The summed E-state index contributed by atoms with van der Waals surface area (Å²) in [6.07, 6.45) is 1.67. The van der Waals surface area contributed by atoms with Gasteiger partial charge in [-0.1, -0.05) is 35.5 Å². The number of nitrogens with one attached hydrogen (secondary N) is 1. The maximum absolute atomic E-state index is 13.0. The van der Waals surface area contributed by atoms with Crippen molar-refractivity contribution in [3.63, 3.8) is 0 Å². The maximum atomic E-state index is 13.0.